The van der Waals surface area contributed by atoms with Crippen LogP contribution in [0, 0.1) is 11.7 Å². The molecule has 0 saturated carbocycles. The summed E-state index contributed by atoms with van der Waals surface area (Å²) in [5.41, 5.74) is 3.69. The van der Waals surface area contributed by atoms with E-state index < -0.39 is 6.04 Å². The first kappa shape index (κ1) is 28.2. The summed E-state index contributed by atoms with van der Waals surface area (Å²) in [4.78, 5) is 21.2. The number of nitrogens with zero attached hydrogens (tertiary/aromatic N) is 3. The highest BCUT2D eigenvalue weighted by Gasteiger charge is 2.27. The molecule has 0 radical (unpaired) electrons. The van der Waals surface area contributed by atoms with Gasteiger partial charge in [-0.25, -0.2) is 9.18 Å². The highest BCUT2D eigenvalue weighted by atomic mass is 19.1. The minimum Gasteiger partial charge on any atom is -0.394 e. The summed E-state index contributed by atoms with van der Waals surface area (Å²) in [6.45, 7) is 5.46. The Hall–Kier alpha value is -3.33. The highest BCUT2D eigenvalue weighted by molar-refractivity contribution is 5.89. The molecule has 0 fully saturated rings. The Morgan fingerprint density at radius 3 is 2.35 bits per heavy atom. The highest BCUT2D eigenvalue weighted by Crippen LogP contribution is 2.19. The van der Waals surface area contributed by atoms with Gasteiger partial charge < -0.3 is 20.1 Å². The third kappa shape index (κ3) is 8.35. The second-order valence-corrected chi connectivity index (χ2v) is 9.48. The van der Waals surface area contributed by atoms with Crippen LogP contribution in [-0.2, 0) is 11.3 Å². The van der Waals surface area contributed by atoms with Gasteiger partial charge in [-0.1, -0.05) is 37.3 Å². The van der Waals surface area contributed by atoms with E-state index in [0.29, 0.717) is 18.8 Å². The lowest BCUT2D eigenvalue weighted by atomic mass is 10.0. The molecule has 1 aromatic heterocycles. The quantitative estimate of drug-likeness (QED) is 0.364. The molecule has 3 aromatic rings. The lowest BCUT2D eigenvalue weighted by molar-refractivity contribution is 0.0177. The normalized spacial score (nSPS) is 13.7. The first-order chi connectivity index (χ1) is 17.8. The molecule has 3 atom stereocenters. The van der Waals surface area contributed by atoms with E-state index in [1.165, 1.54) is 29.8 Å². The van der Waals surface area contributed by atoms with Crippen LogP contribution in [0.1, 0.15) is 19.4 Å². The van der Waals surface area contributed by atoms with Gasteiger partial charge in [-0.3, -0.25) is 9.88 Å². The SMILES string of the molecule is CO[C@H](CN(C)Cc1ccc(-c2ccccn2)cc1)[C@@H](C)CN(C(=O)Nc1ccc(F)cc1)[C@@H](C)CO. The number of aliphatic hydroxyl groups excluding tert-OH is 1. The Labute approximate surface area is 218 Å². The molecule has 37 heavy (non-hydrogen) atoms. The van der Waals surface area contributed by atoms with E-state index in [1.54, 1.807) is 25.1 Å². The van der Waals surface area contributed by atoms with E-state index in [9.17, 15) is 14.3 Å². The molecule has 2 N–H and O–H groups in total. The number of aliphatic hydroxyl groups is 1. The van der Waals surface area contributed by atoms with Crippen LogP contribution in [0.3, 0.4) is 0 Å². The molecular weight excluding hydrogens is 471 g/mol. The average Bonchev–Trinajstić information content (AvgIpc) is 2.92. The van der Waals surface area contributed by atoms with Crippen molar-refractivity contribution in [1.29, 1.82) is 0 Å². The Morgan fingerprint density at radius 2 is 1.76 bits per heavy atom. The summed E-state index contributed by atoms with van der Waals surface area (Å²) < 4.78 is 19.0. The molecule has 0 unspecified atom stereocenters. The van der Waals surface area contributed by atoms with Crippen LogP contribution >= 0.6 is 0 Å². The summed E-state index contributed by atoms with van der Waals surface area (Å²) in [7, 11) is 3.72. The summed E-state index contributed by atoms with van der Waals surface area (Å²) >= 11 is 0. The van der Waals surface area contributed by atoms with Gasteiger partial charge in [0.1, 0.15) is 5.82 Å². The number of hydrogen-bond donors (Lipinski definition) is 2. The third-order valence-electron chi connectivity index (χ3n) is 6.43. The second kappa shape index (κ2) is 13.8. The minimum atomic E-state index is -0.393. The lowest BCUT2D eigenvalue weighted by Crippen LogP contribution is -2.48. The predicted molar refractivity (Wildman–Crippen MR) is 145 cm³/mol. The molecule has 198 valence electrons. The molecule has 0 aliphatic heterocycles. The molecule has 0 aliphatic rings. The van der Waals surface area contributed by atoms with Gasteiger partial charge in [0.15, 0.2) is 0 Å². The number of amides is 2. The van der Waals surface area contributed by atoms with Crippen molar-refractivity contribution in [2.75, 3.05) is 39.2 Å². The van der Waals surface area contributed by atoms with Crippen LogP contribution in [-0.4, -0.2) is 71.9 Å². The number of ether oxygens (including phenoxy) is 1. The number of nitrogens with one attached hydrogen (secondary N) is 1. The van der Waals surface area contributed by atoms with Gasteiger partial charge in [-0.05, 0) is 55.9 Å². The van der Waals surface area contributed by atoms with Crippen molar-refractivity contribution in [3.8, 4) is 11.3 Å². The predicted octanol–water partition coefficient (Wildman–Crippen LogP) is 4.89. The molecule has 0 aliphatic carbocycles. The maximum Gasteiger partial charge on any atom is 0.322 e. The maximum absolute atomic E-state index is 13.2. The Bertz CT molecular complexity index is 1100. The molecule has 0 bridgehead atoms. The van der Waals surface area contributed by atoms with Crippen molar-refractivity contribution in [3.05, 3.63) is 84.3 Å². The fourth-order valence-electron chi connectivity index (χ4n) is 4.20. The summed E-state index contributed by atoms with van der Waals surface area (Å²) in [5.74, 6) is -0.379. The lowest BCUT2D eigenvalue weighted by Gasteiger charge is -2.34. The average molecular weight is 509 g/mol. The fraction of sp³-hybridized carbons (Fsp3) is 0.379. The van der Waals surface area contributed by atoms with Gasteiger partial charge in [0, 0.05) is 50.1 Å². The fourth-order valence-corrected chi connectivity index (χ4v) is 4.20. The van der Waals surface area contributed by atoms with Gasteiger partial charge in [0.25, 0.3) is 0 Å². The molecule has 2 amide bonds. The summed E-state index contributed by atoms with van der Waals surface area (Å²) in [5, 5.41) is 12.5. The first-order valence-corrected chi connectivity index (χ1v) is 12.5. The number of hydrogen-bond acceptors (Lipinski definition) is 5. The zero-order valence-electron chi connectivity index (χ0n) is 22.0. The van der Waals surface area contributed by atoms with Crippen LogP contribution in [0.15, 0.2) is 72.9 Å². The van der Waals surface area contributed by atoms with Gasteiger partial charge in [-0.2, -0.15) is 0 Å². The number of carbonyl (C=O) groups excluding carboxylic acids is 1. The van der Waals surface area contributed by atoms with Crippen molar-refractivity contribution >= 4 is 11.7 Å². The number of urea groups is 1. The minimum absolute atomic E-state index is 0.00745. The monoisotopic (exact) mass is 508 g/mol. The van der Waals surface area contributed by atoms with E-state index in [2.05, 4.69) is 39.5 Å². The van der Waals surface area contributed by atoms with Crippen LogP contribution in [0.2, 0.25) is 0 Å². The number of benzene rings is 2. The van der Waals surface area contributed by atoms with Crippen molar-refractivity contribution < 1.29 is 19.0 Å². The van der Waals surface area contributed by atoms with Crippen molar-refractivity contribution in [3.63, 3.8) is 0 Å². The Balaban J connectivity index is 1.59. The van der Waals surface area contributed by atoms with E-state index in [-0.39, 0.29) is 30.5 Å². The number of aromatic nitrogens is 1. The number of methoxy groups -OCH3 is 1. The zero-order valence-corrected chi connectivity index (χ0v) is 22.0. The molecule has 7 nitrogen and oxygen atoms in total. The van der Waals surface area contributed by atoms with Crippen molar-refractivity contribution in [1.82, 2.24) is 14.8 Å². The van der Waals surface area contributed by atoms with Gasteiger partial charge in [0.2, 0.25) is 0 Å². The maximum atomic E-state index is 13.2. The standard InChI is InChI=1S/C29H37FN4O3/c1-21(17-34(22(2)20-35)29(36)32-26-14-12-25(30)13-15-26)28(37-4)19-33(3)18-23-8-10-24(11-9-23)27-7-5-6-16-31-27/h5-16,21-22,28,35H,17-20H2,1-4H3,(H,32,36)/t21-,22-,28+/m0/s1. The van der Waals surface area contributed by atoms with E-state index in [0.717, 1.165) is 17.8 Å². The Kier molecular flexibility index (Phi) is 10.6. The van der Waals surface area contributed by atoms with Gasteiger partial charge in [0.05, 0.1) is 24.4 Å². The topological polar surface area (TPSA) is 77.9 Å². The van der Waals surface area contributed by atoms with E-state index in [4.69, 9.17) is 4.74 Å². The molecule has 1 heterocycles. The van der Waals surface area contributed by atoms with Crippen LogP contribution < -0.4 is 5.32 Å². The number of carbonyl (C=O) groups is 1. The molecule has 8 heteroatoms. The molecule has 2 aromatic carbocycles. The van der Waals surface area contributed by atoms with Gasteiger partial charge >= 0.3 is 6.03 Å². The van der Waals surface area contributed by atoms with E-state index >= 15 is 0 Å². The number of anilines is 1. The van der Waals surface area contributed by atoms with Crippen molar-refractivity contribution in [2.24, 2.45) is 5.92 Å². The zero-order chi connectivity index (χ0) is 26.8. The number of likely N-dealkylation sites (N-methyl/N-ethyl adjacent to an activating group) is 1. The second-order valence-electron chi connectivity index (χ2n) is 9.48. The number of rotatable bonds is 12. The van der Waals surface area contributed by atoms with Crippen LogP contribution in [0.5, 0.6) is 0 Å². The third-order valence-corrected chi connectivity index (χ3v) is 6.43. The molecular formula is C29H37FN4O3. The number of halogens is 1. The summed E-state index contributed by atoms with van der Waals surface area (Å²) in [6, 6.07) is 19.1. The first-order valence-electron chi connectivity index (χ1n) is 12.5. The largest absolute Gasteiger partial charge is 0.394 e. The smallest absolute Gasteiger partial charge is 0.322 e. The molecule has 0 saturated heterocycles. The summed E-state index contributed by atoms with van der Waals surface area (Å²) in [6.07, 6.45) is 1.66. The molecule has 0 spiro atoms. The number of pyridine rings is 1. The molecule has 3 rings (SSSR count). The van der Waals surface area contributed by atoms with Crippen molar-refractivity contribution in [2.45, 2.75) is 32.5 Å². The van der Waals surface area contributed by atoms with Crippen LogP contribution in [0.4, 0.5) is 14.9 Å². The van der Waals surface area contributed by atoms with E-state index in [1.807, 2.05) is 32.2 Å². The Morgan fingerprint density at radius 1 is 1.05 bits per heavy atom. The van der Waals surface area contributed by atoms with Gasteiger partial charge in [-0.15, -0.1) is 0 Å². The van der Waals surface area contributed by atoms with Crippen LogP contribution in [0.25, 0.3) is 11.3 Å².